The molecule has 7 atom stereocenters. The number of rotatable bonds is 7. The van der Waals surface area contributed by atoms with Crippen molar-refractivity contribution in [3.8, 4) is 0 Å². The topological polar surface area (TPSA) is 105 Å². The van der Waals surface area contributed by atoms with Crippen LogP contribution in [0.2, 0.25) is 0 Å². The van der Waals surface area contributed by atoms with E-state index in [1.165, 1.54) is 4.90 Å². The van der Waals surface area contributed by atoms with E-state index in [1.807, 2.05) is 58.0 Å². The molecule has 3 unspecified atom stereocenters. The summed E-state index contributed by atoms with van der Waals surface area (Å²) in [5.74, 6) is -2.89. The van der Waals surface area contributed by atoms with Gasteiger partial charge in [-0.3, -0.25) is 14.4 Å². The van der Waals surface area contributed by atoms with Gasteiger partial charge in [0.2, 0.25) is 11.8 Å². The SMILES string of the molecule is CCOC(=O)[C@H]1[C@H]2C(=O)N([C@H](CO)c3ccccc3)C(C(=O)NC(C)C)C23CC(C)[C@]1(C)O3. The summed E-state index contributed by atoms with van der Waals surface area (Å²) in [6.45, 7) is 9.11. The molecule has 0 aliphatic carbocycles. The van der Waals surface area contributed by atoms with Crippen LogP contribution in [0, 0.1) is 17.8 Å². The number of benzene rings is 1. The second-order valence-electron chi connectivity index (χ2n) is 9.97. The number of amides is 2. The number of hydrogen-bond acceptors (Lipinski definition) is 6. The molecular weight excluding hydrogens is 424 g/mol. The molecule has 3 aliphatic rings. The van der Waals surface area contributed by atoms with Crippen molar-refractivity contribution in [2.75, 3.05) is 13.2 Å². The Morgan fingerprint density at radius 1 is 1.30 bits per heavy atom. The number of nitrogens with one attached hydrogen (secondary N) is 1. The highest BCUT2D eigenvalue weighted by Crippen LogP contribution is 2.66. The average Bonchev–Trinajstić information content (AvgIpc) is 3.26. The van der Waals surface area contributed by atoms with Crippen molar-refractivity contribution in [3.05, 3.63) is 35.9 Å². The summed E-state index contributed by atoms with van der Waals surface area (Å²) in [6.07, 6.45) is 0.468. The van der Waals surface area contributed by atoms with Gasteiger partial charge in [-0.2, -0.15) is 0 Å². The number of nitrogens with zero attached hydrogens (tertiary/aromatic N) is 1. The predicted octanol–water partition coefficient (Wildman–Crippen LogP) is 1.82. The van der Waals surface area contributed by atoms with E-state index in [1.54, 1.807) is 6.92 Å². The van der Waals surface area contributed by atoms with Crippen LogP contribution in [-0.2, 0) is 23.9 Å². The number of aliphatic hydroxyl groups is 1. The highest BCUT2D eigenvalue weighted by atomic mass is 16.6. The van der Waals surface area contributed by atoms with Crippen LogP contribution in [0.1, 0.15) is 52.6 Å². The second-order valence-corrected chi connectivity index (χ2v) is 9.97. The molecule has 0 aromatic heterocycles. The van der Waals surface area contributed by atoms with Gasteiger partial charge in [0.25, 0.3) is 0 Å². The molecular formula is C25H34N2O6. The fourth-order valence-corrected chi connectivity index (χ4v) is 6.30. The lowest BCUT2D eigenvalue weighted by Crippen LogP contribution is -2.57. The van der Waals surface area contributed by atoms with Crippen molar-refractivity contribution in [1.82, 2.24) is 10.2 Å². The molecule has 8 nitrogen and oxygen atoms in total. The van der Waals surface area contributed by atoms with Crippen LogP contribution >= 0.6 is 0 Å². The quantitative estimate of drug-likeness (QED) is 0.604. The largest absolute Gasteiger partial charge is 0.466 e. The monoisotopic (exact) mass is 458 g/mol. The van der Waals surface area contributed by atoms with Gasteiger partial charge in [-0.05, 0) is 45.6 Å². The average molecular weight is 459 g/mol. The summed E-state index contributed by atoms with van der Waals surface area (Å²) in [6, 6.07) is 7.28. The molecule has 180 valence electrons. The molecule has 1 aromatic rings. The molecule has 8 heteroatoms. The van der Waals surface area contributed by atoms with Crippen molar-refractivity contribution in [3.63, 3.8) is 0 Å². The lowest BCUT2D eigenvalue weighted by molar-refractivity contribution is -0.162. The predicted molar refractivity (Wildman–Crippen MR) is 120 cm³/mol. The molecule has 3 fully saturated rings. The first-order chi connectivity index (χ1) is 15.6. The minimum absolute atomic E-state index is 0.0606. The minimum Gasteiger partial charge on any atom is -0.466 e. The van der Waals surface area contributed by atoms with Gasteiger partial charge in [-0.15, -0.1) is 0 Å². The number of likely N-dealkylation sites (tertiary alicyclic amines) is 1. The molecule has 3 heterocycles. The first-order valence-corrected chi connectivity index (χ1v) is 11.8. The number of carbonyl (C=O) groups is 3. The van der Waals surface area contributed by atoms with Crippen molar-refractivity contribution < 1.29 is 29.0 Å². The molecule has 2 N–H and O–H groups in total. The third-order valence-electron chi connectivity index (χ3n) is 7.67. The van der Waals surface area contributed by atoms with Crippen LogP contribution in [0.15, 0.2) is 30.3 Å². The van der Waals surface area contributed by atoms with E-state index in [0.29, 0.717) is 12.0 Å². The van der Waals surface area contributed by atoms with E-state index in [9.17, 15) is 19.5 Å². The first kappa shape index (κ1) is 23.7. The van der Waals surface area contributed by atoms with E-state index in [4.69, 9.17) is 9.47 Å². The molecule has 33 heavy (non-hydrogen) atoms. The summed E-state index contributed by atoms with van der Waals surface area (Å²) >= 11 is 0. The molecule has 1 spiro atoms. The van der Waals surface area contributed by atoms with Crippen LogP contribution in [0.5, 0.6) is 0 Å². The van der Waals surface area contributed by atoms with Crippen LogP contribution in [-0.4, -0.2) is 64.3 Å². The van der Waals surface area contributed by atoms with Gasteiger partial charge >= 0.3 is 5.97 Å². The molecule has 0 saturated carbocycles. The van der Waals surface area contributed by atoms with Crippen molar-refractivity contribution in [2.24, 2.45) is 17.8 Å². The summed E-state index contributed by atoms with van der Waals surface area (Å²) in [5.41, 5.74) is -1.35. The van der Waals surface area contributed by atoms with Gasteiger partial charge in [0.05, 0.1) is 30.8 Å². The summed E-state index contributed by atoms with van der Waals surface area (Å²) in [7, 11) is 0. The minimum atomic E-state index is -1.16. The Morgan fingerprint density at radius 3 is 2.55 bits per heavy atom. The lowest BCUT2D eigenvalue weighted by Gasteiger charge is -2.37. The van der Waals surface area contributed by atoms with E-state index in [-0.39, 0.29) is 37.0 Å². The highest BCUT2D eigenvalue weighted by Gasteiger charge is 2.80. The third kappa shape index (κ3) is 3.37. The number of carbonyl (C=O) groups excluding carboxylic acids is 3. The molecule has 0 radical (unpaired) electrons. The Kier molecular flexibility index (Phi) is 6.03. The number of ether oxygens (including phenoxy) is 2. The van der Waals surface area contributed by atoms with Crippen LogP contribution < -0.4 is 5.32 Å². The number of fused-ring (bicyclic) bond motifs is 1. The van der Waals surface area contributed by atoms with Gasteiger partial charge in [-0.1, -0.05) is 37.3 Å². The van der Waals surface area contributed by atoms with Gasteiger partial charge in [0, 0.05) is 6.04 Å². The molecule has 2 amide bonds. The smallest absolute Gasteiger partial charge is 0.312 e. The van der Waals surface area contributed by atoms with Gasteiger partial charge < -0.3 is 24.8 Å². The Morgan fingerprint density at radius 2 is 1.97 bits per heavy atom. The highest BCUT2D eigenvalue weighted by molar-refractivity contribution is 5.99. The van der Waals surface area contributed by atoms with Crippen LogP contribution in [0.25, 0.3) is 0 Å². The van der Waals surface area contributed by atoms with E-state index >= 15 is 0 Å². The Balaban J connectivity index is 1.86. The van der Waals surface area contributed by atoms with Crippen molar-refractivity contribution in [2.45, 2.75) is 70.4 Å². The summed E-state index contributed by atoms with van der Waals surface area (Å²) in [4.78, 5) is 42.3. The van der Waals surface area contributed by atoms with E-state index in [2.05, 4.69) is 5.32 Å². The maximum Gasteiger partial charge on any atom is 0.312 e. The van der Waals surface area contributed by atoms with Gasteiger partial charge in [0.1, 0.15) is 17.6 Å². The molecule has 1 aromatic carbocycles. The van der Waals surface area contributed by atoms with Gasteiger partial charge in [-0.25, -0.2) is 0 Å². The third-order valence-corrected chi connectivity index (χ3v) is 7.67. The molecule has 2 bridgehead atoms. The normalized spacial score (nSPS) is 35.6. The van der Waals surface area contributed by atoms with E-state index < -0.39 is 41.1 Å². The van der Waals surface area contributed by atoms with Crippen LogP contribution in [0.4, 0.5) is 0 Å². The number of aliphatic hydroxyl groups excluding tert-OH is 1. The summed E-state index contributed by atoms with van der Waals surface area (Å²) < 4.78 is 12.0. The van der Waals surface area contributed by atoms with Gasteiger partial charge in [0.15, 0.2) is 0 Å². The standard InChI is InChI=1S/C25H34N2O6/c1-6-32-23(31)19-18-22(30)27(17(13-28)16-10-8-7-9-11-16)20(21(29)26-14(2)3)25(18)12-15(4)24(19,5)33-25/h7-11,14-15,17-20,28H,6,12-13H2,1-5H3,(H,26,29)/t15?,17-,18+,19-,20?,24+,25?/m1/s1. The zero-order chi connectivity index (χ0) is 24.1. The Labute approximate surface area is 194 Å². The Hall–Kier alpha value is -2.45. The number of esters is 1. The molecule has 3 aliphatic heterocycles. The van der Waals surface area contributed by atoms with E-state index in [0.717, 1.165) is 0 Å². The van der Waals surface area contributed by atoms with Crippen molar-refractivity contribution >= 4 is 17.8 Å². The zero-order valence-corrected chi connectivity index (χ0v) is 19.9. The summed E-state index contributed by atoms with van der Waals surface area (Å²) in [5, 5.41) is 13.3. The maximum atomic E-state index is 14.1. The molecule has 3 saturated heterocycles. The first-order valence-electron chi connectivity index (χ1n) is 11.8. The number of hydrogen-bond donors (Lipinski definition) is 2. The molecule has 4 rings (SSSR count). The fourth-order valence-electron chi connectivity index (χ4n) is 6.30. The van der Waals surface area contributed by atoms with Crippen LogP contribution in [0.3, 0.4) is 0 Å². The Bertz CT molecular complexity index is 936. The zero-order valence-electron chi connectivity index (χ0n) is 19.9. The lowest BCUT2D eigenvalue weighted by atomic mass is 9.62. The van der Waals surface area contributed by atoms with Crippen molar-refractivity contribution in [1.29, 1.82) is 0 Å². The maximum absolute atomic E-state index is 14.1. The fraction of sp³-hybridized carbons (Fsp3) is 0.640. The second kappa shape index (κ2) is 8.40.